The number of halogens is 1. The Balaban J connectivity index is 2.12. The second-order valence-corrected chi connectivity index (χ2v) is 8.21. The van der Waals surface area contributed by atoms with E-state index in [-0.39, 0.29) is 23.1 Å². The maximum absolute atomic E-state index is 11.3. The van der Waals surface area contributed by atoms with Crippen LogP contribution in [0.4, 0.5) is 11.4 Å². The van der Waals surface area contributed by atoms with Crippen LogP contribution >= 0.6 is 11.6 Å². The van der Waals surface area contributed by atoms with Gasteiger partial charge in [-0.1, -0.05) is 11.6 Å². The number of phenols is 3. The van der Waals surface area contributed by atoms with Crippen molar-refractivity contribution < 1.29 is 28.3 Å². The first-order valence-electron chi connectivity index (χ1n) is 7.90. The molecule has 3 rings (SSSR count). The number of hydrogen-bond donors (Lipinski definition) is 4. The Bertz CT molecular complexity index is 929. The molecule has 1 aliphatic heterocycles. The molecule has 140 valence electrons. The fourth-order valence-electron chi connectivity index (χ4n) is 3.24. The van der Waals surface area contributed by atoms with Gasteiger partial charge in [-0.2, -0.15) is 8.42 Å². The van der Waals surface area contributed by atoms with Gasteiger partial charge in [-0.25, -0.2) is 0 Å². The average Bonchev–Trinajstić information content (AvgIpc) is 2.72. The third kappa shape index (κ3) is 3.82. The first-order valence-corrected chi connectivity index (χ1v) is 9.89. The van der Waals surface area contributed by atoms with Crippen molar-refractivity contribution in [3.63, 3.8) is 0 Å². The molecule has 4 N–H and O–H groups in total. The molecule has 1 aliphatic rings. The first-order chi connectivity index (χ1) is 12.2. The Morgan fingerprint density at radius 3 is 2.42 bits per heavy atom. The summed E-state index contributed by atoms with van der Waals surface area (Å²) in [7, 11) is -4.16. The van der Waals surface area contributed by atoms with Crippen molar-refractivity contribution in [2.75, 3.05) is 17.2 Å². The van der Waals surface area contributed by atoms with E-state index in [0.29, 0.717) is 29.8 Å². The summed E-state index contributed by atoms with van der Waals surface area (Å²) < 4.78 is 31.9. The van der Waals surface area contributed by atoms with Crippen molar-refractivity contribution in [2.24, 2.45) is 5.92 Å². The van der Waals surface area contributed by atoms with E-state index in [1.807, 2.05) is 0 Å². The molecule has 1 atom stereocenters. The number of anilines is 2. The van der Waals surface area contributed by atoms with Crippen LogP contribution in [0, 0.1) is 5.92 Å². The number of benzene rings is 2. The molecule has 9 heteroatoms. The van der Waals surface area contributed by atoms with E-state index in [0.717, 1.165) is 0 Å². The molecule has 1 unspecified atom stereocenters. The van der Waals surface area contributed by atoms with Gasteiger partial charge in [-0.05, 0) is 48.6 Å². The number of nitrogens with zero attached hydrogens (tertiary/aromatic N) is 1. The number of fused-ring (bicyclic) bond motifs is 1. The number of rotatable bonds is 3. The predicted molar refractivity (Wildman–Crippen MR) is 98.1 cm³/mol. The molecule has 0 fully saturated rings. The molecule has 0 aliphatic carbocycles. The summed E-state index contributed by atoms with van der Waals surface area (Å²) in [4.78, 5) is 1.75. The lowest BCUT2D eigenvalue weighted by Crippen LogP contribution is -2.28. The van der Waals surface area contributed by atoms with Crippen molar-refractivity contribution in [3.05, 3.63) is 40.9 Å². The van der Waals surface area contributed by atoms with Crippen LogP contribution in [0.2, 0.25) is 5.02 Å². The zero-order valence-electron chi connectivity index (χ0n) is 13.6. The normalized spacial score (nSPS) is 17.6. The molecule has 0 bridgehead atoms. The SMILES string of the molecule is O=S(=O)(O)CC1CCc2c(cc(O)c(O)c2Cl)N(c2ccc(O)cc2)C1. The molecule has 0 saturated heterocycles. The molecule has 1 heterocycles. The van der Waals surface area contributed by atoms with Gasteiger partial charge in [0.05, 0.1) is 10.8 Å². The second kappa shape index (κ2) is 6.86. The highest BCUT2D eigenvalue weighted by Crippen LogP contribution is 2.46. The fourth-order valence-corrected chi connectivity index (χ4v) is 4.39. The quantitative estimate of drug-likeness (QED) is 0.462. The van der Waals surface area contributed by atoms with E-state index in [1.54, 1.807) is 17.0 Å². The highest BCUT2D eigenvalue weighted by molar-refractivity contribution is 7.85. The van der Waals surface area contributed by atoms with Crippen LogP contribution in [0.1, 0.15) is 12.0 Å². The van der Waals surface area contributed by atoms with Crippen LogP contribution in [0.3, 0.4) is 0 Å². The Morgan fingerprint density at radius 2 is 1.81 bits per heavy atom. The van der Waals surface area contributed by atoms with Crippen LogP contribution in [0.15, 0.2) is 30.3 Å². The van der Waals surface area contributed by atoms with Gasteiger partial charge in [-0.15, -0.1) is 0 Å². The lowest BCUT2D eigenvalue weighted by Gasteiger charge is -2.28. The van der Waals surface area contributed by atoms with E-state index >= 15 is 0 Å². The number of aromatic hydroxyl groups is 3. The molecular weight excluding hydrogens is 382 g/mol. The Labute approximate surface area is 155 Å². The van der Waals surface area contributed by atoms with Crippen molar-refractivity contribution in [1.29, 1.82) is 0 Å². The molecule has 0 amide bonds. The highest BCUT2D eigenvalue weighted by Gasteiger charge is 2.29. The standard InChI is InChI=1S/C17H18ClNO6S/c18-16-13-6-1-10(9-26(23,24)25)8-19(11-2-4-12(20)5-3-11)14(13)7-15(21)17(16)22/h2-5,7,10,20-22H,1,6,8-9H2,(H,23,24,25). The zero-order chi connectivity index (χ0) is 19.1. The molecule has 2 aromatic carbocycles. The summed E-state index contributed by atoms with van der Waals surface area (Å²) in [5, 5.41) is 29.4. The molecule has 2 aromatic rings. The molecule has 0 radical (unpaired) electrons. The summed E-state index contributed by atoms with van der Waals surface area (Å²) in [6.07, 6.45) is 0.794. The van der Waals surface area contributed by atoms with Crippen LogP contribution in [0.25, 0.3) is 0 Å². The Hall–Kier alpha value is -2.16. The number of phenolic OH excluding ortho intramolecular Hbond substituents is 3. The summed E-state index contributed by atoms with van der Waals surface area (Å²) in [6, 6.07) is 7.64. The average molecular weight is 400 g/mol. The van der Waals surface area contributed by atoms with Crippen LogP contribution in [-0.2, 0) is 16.5 Å². The molecule has 0 saturated carbocycles. The van der Waals surface area contributed by atoms with Crippen molar-refractivity contribution in [1.82, 2.24) is 0 Å². The van der Waals surface area contributed by atoms with E-state index in [4.69, 9.17) is 11.6 Å². The maximum atomic E-state index is 11.3. The molecule has 0 aromatic heterocycles. The molecule has 26 heavy (non-hydrogen) atoms. The van der Waals surface area contributed by atoms with Gasteiger partial charge < -0.3 is 20.2 Å². The van der Waals surface area contributed by atoms with Gasteiger partial charge in [0, 0.05) is 24.0 Å². The second-order valence-electron chi connectivity index (χ2n) is 6.34. The Morgan fingerprint density at radius 1 is 1.15 bits per heavy atom. The molecule has 0 spiro atoms. The predicted octanol–water partition coefficient (Wildman–Crippen LogP) is 3.05. The summed E-state index contributed by atoms with van der Waals surface area (Å²) in [6.45, 7) is 0.248. The lowest BCUT2D eigenvalue weighted by molar-refractivity contribution is 0.403. The molecule has 7 nitrogen and oxygen atoms in total. The summed E-state index contributed by atoms with van der Waals surface area (Å²) in [5.74, 6) is -1.54. The number of hydrogen-bond acceptors (Lipinski definition) is 6. The van der Waals surface area contributed by atoms with Crippen molar-refractivity contribution >= 4 is 33.1 Å². The minimum Gasteiger partial charge on any atom is -0.508 e. The minimum atomic E-state index is -4.16. The van der Waals surface area contributed by atoms with Crippen LogP contribution in [0.5, 0.6) is 17.2 Å². The van der Waals surface area contributed by atoms with Crippen LogP contribution < -0.4 is 4.90 Å². The monoisotopic (exact) mass is 399 g/mol. The Kier molecular flexibility index (Phi) is 4.92. The smallest absolute Gasteiger partial charge is 0.265 e. The van der Waals surface area contributed by atoms with Gasteiger partial charge in [-0.3, -0.25) is 4.55 Å². The minimum absolute atomic E-state index is 0.0104. The fraction of sp³-hybridized carbons (Fsp3) is 0.294. The lowest BCUT2D eigenvalue weighted by atomic mass is 10.0. The van der Waals surface area contributed by atoms with Crippen molar-refractivity contribution in [3.8, 4) is 17.2 Å². The topological polar surface area (TPSA) is 118 Å². The van der Waals surface area contributed by atoms with Gasteiger partial charge in [0.15, 0.2) is 11.5 Å². The highest BCUT2D eigenvalue weighted by atomic mass is 35.5. The maximum Gasteiger partial charge on any atom is 0.265 e. The largest absolute Gasteiger partial charge is 0.508 e. The van der Waals surface area contributed by atoms with Gasteiger partial charge in [0.25, 0.3) is 10.1 Å². The summed E-state index contributed by atoms with van der Waals surface area (Å²) >= 11 is 6.20. The first kappa shape index (κ1) is 18.6. The third-order valence-electron chi connectivity index (χ3n) is 4.44. The van der Waals surface area contributed by atoms with Gasteiger partial charge in [0.2, 0.25) is 0 Å². The van der Waals surface area contributed by atoms with Crippen LogP contribution in [-0.4, -0.2) is 40.6 Å². The summed E-state index contributed by atoms with van der Waals surface area (Å²) in [5.41, 5.74) is 1.76. The van der Waals surface area contributed by atoms with Gasteiger partial charge in [0.1, 0.15) is 5.75 Å². The molecular formula is C17H18ClNO6S. The zero-order valence-corrected chi connectivity index (χ0v) is 15.2. The van der Waals surface area contributed by atoms with Gasteiger partial charge >= 0.3 is 0 Å². The van der Waals surface area contributed by atoms with E-state index < -0.39 is 27.5 Å². The van der Waals surface area contributed by atoms with E-state index in [1.165, 1.54) is 18.2 Å². The van der Waals surface area contributed by atoms with E-state index in [2.05, 4.69) is 0 Å². The van der Waals surface area contributed by atoms with Crippen molar-refractivity contribution in [2.45, 2.75) is 12.8 Å². The van der Waals surface area contributed by atoms with E-state index in [9.17, 15) is 28.3 Å². The third-order valence-corrected chi connectivity index (χ3v) is 5.74.